The third-order valence-corrected chi connectivity index (χ3v) is 4.84. The Kier molecular flexibility index (Phi) is 5.38. The number of hydrogen-bond donors (Lipinski definition) is 0. The molecule has 2 nitrogen and oxygen atoms in total. The molecule has 0 radical (unpaired) electrons. The molecule has 0 amide bonds. The predicted octanol–water partition coefficient (Wildman–Crippen LogP) is 5.08. The molecule has 25 heavy (non-hydrogen) atoms. The molecule has 1 aliphatic heterocycles. The number of hydrogen-bond acceptors (Lipinski definition) is 2. The molecule has 1 saturated heterocycles. The minimum absolute atomic E-state index is 0.0224. The van der Waals surface area contributed by atoms with Crippen LogP contribution in [0.25, 0.3) is 11.1 Å². The number of aryl methyl sites for hydroxylation is 1. The summed E-state index contributed by atoms with van der Waals surface area (Å²) in [6, 6.07) is 14.4. The van der Waals surface area contributed by atoms with Gasteiger partial charge in [-0.2, -0.15) is 0 Å². The van der Waals surface area contributed by atoms with Crippen molar-refractivity contribution in [2.75, 3.05) is 26.2 Å². The second-order valence-corrected chi connectivity index (χ2v) is 6.83. The molecule has 134 valence electrons. The molecule has 0 N–H and O–H groups in total. The summed E-state index contributed by atoms with van der Waals surface area (Å²) in [6.45, 7) is 5.74. The van der Waals surface area contributed by atoms with Gasteiger partial charge in [-0.1, -0.05) is 36.4 Å². The zero-order valence-corrected chi connectivity index (χ0v) is 14.9. The van der Waals surface area contributed by atoms with Crippen LogP contribution in [0.5, 0.6) is 5.75 Å². The van der Waals surface area contributed by atoms with Gasteiger partial charge in [0.25, 0.3) is 5.92 Å². The van der Waals surface area contributed by atoms with Gasteiger partial charge >= 0.3 is 0 Å². The minimum Gasteiger partial charge on any atom is -0.493 e. The van der Waals surface area contributed by atoms with Crippen molar-refractivity contribution in [3.8, 4) is 16.9 Å². The standard InChI is InChI=1S/C21H25F2NO/c1-16-7-3-4-8-18(16)19-9-5-10-20(17(19)2)25-14-6-12-24-13-11-21(22,23)15-24/h3-5,7-10H,6,11-15H2,1-2H3. The summed E-state index contributed by atoms with van der Waals surface area (Å²) in [6.07, 6.45) is 0.732. The first-order valence-electron chi connectivity index (χ1n) is 8.85. The maximum absolute atomic E-state index is 13.2. The van der Waals surface area contributed by atoms with E-state index < -0.39 is 5.92 Å². The first-order chi connectivity index (χ1) is 12.0. The third-order valence-electron chi connectivity index (χ3n) is 4.84. The fourth-order valence-corrected chi connectivity index (χ4v) is 3.41. The Labute approximate surface area is 148 Å². The van der Waals surface area contributed by atoms with E-state index in [1.807, 2.05) is 29.2 Å². The average Bonchev–Trinajstić information content (AvgIpc) is 2.93. The normalized spacial score (nSPS) is 17.0. The van der Waals surface area contributed by atoms with Crippen LogP contribution in [0.2, 0.25) is 0 Å². The van der Waals surface area contributed by atoms with Crippen LogP contribution in [0, 0.1) is 13.8 Å². The number of halogens is 2. The summed E-state index contributed by atoms with van der Waals surface area (Å²) >= 11 is 0. The highest BCUT2D eigenvalue weighted by molar-refractivity contribution is 5.72. The number of nitrogens with zero attached hydrogens (tertiary/aromatic N) is 1. The van der Waals surface area contributed by atoms with Gasteiger partial charge in [-0.3, -0.25) is 4.90 Å². The Morgan fingerprint density at radius 3 is 2.52 bits per heavy atom. The van der Waals surface area contributed by atoms with E-state index >= 15 is 0 Å². The van der Waals surface area contributed by atoms with Gasteiger partial charge in [-0.25, -0.2) is 8.78 Å². The second-order valence-electron chi connectivity index (χ2n) is 6.83. The number of likely N-dealkylation sites (tertiary alicyclic amines) is 1. The molecule has 3 rings (SSSR count). The fraction of sp³-hybridized carbons (Fsp3) is 0.429. The van der Waals surface area contributed by atoms with E-state index in [0.717, 1.165) is 17.7 Å². The van der Waals surface area contributed by atoms with Gasteiger partial charge in [0.15, 0.2) is 0 Å². The zero-order chi connectivity index (χ0) is 17.9. The molecule has 1 heterocycles. The molecular weight excluding hydrogens is 320 g/mol. The van der Waals surface area contributed by atoms with Gasteiger partial charge in [0.05, 0.1) is 13.2 Å². The van der Waals surface area contributed by atoms with Crippen LogP contribution in [0.1, 0.15) is 24.0 Å². The maximum atomic E-state index is 13.2. The third kappa shape index (κ3) is 4.37. The van der Waals surface area contributed by atoms with Gasteiger partial charge in [-0.05, 0) is 48.6 Å². The van der Waals surface area contributed by atoms with Gasteiger partial charge in [0.2, 0.25) is 0 Å². The highest BCUT2D eigenvalue weighted by Crippen LogP contribution is 2.32. The summed E-state index contributed by atoms with van der Waals surface area (Å²) in [5.41, 5.74) is 4.74. The van der Waals surface area contributed by atoms with Crippen molar-refractivity contribution in [2.45, 2.75) is 32.6 Å². The monoisotopic (exact) mass is 345 g/mol. The van der Waals surface area contributed by atoms with Gasteiger partial charge in [-0.15, -0.1) is 0 Å². The lowest BCUT2D eigenvalue weighted by Gasteiger charge is -2.17. The van der Waals surface area contributed by atoms with Crippen LogP contribution in [0.15, 0.2) is 42.5 Å². The van der Waals surface area contributed by atoms with Crippen molar-refractivity contribution < 1.29 is 13.5 Å². The Hall–Kier alpha value is -1.94. The fourth-order valence-electron chi connectivity index (χ4n) is 3.41. The number of benzene rings is 2. The van der Waals surface area contributed by atoms with Crippen LogP contribution >= 0.6 is 0 Å². The van der Waals surface area contributed by atoms with Crippen molar-refractivity contribution >= 4 is 0 Å². The van der Waals surface area contributed by atoms with E-state index in [4.69, 9.17) is 4.74 Å². The van der Waals surface area contributed by atoms with Crippen LogP contribution in [0.4, 0.5) is 8.78 Å². The van der Waals surface area contributed by atoms with Gasteiger partial charge in [0.1, 0.15) is 5.75 Å². The summed E-state index contributed by atoms with van der Waals surface area (Å²) in [5, 5.41) is 0. The molecule has 0 bridgehead atoms. The Morgan fingerprint density at radius 1 is 1.04 bits per heavy atom. The summed E-state index contributed by atoms with van der Waals surface area (Å²) in [5.74, 6) is -1.65. The largest absolute Gasteiger partial charge is 0.493 e. The van der Waals surface area contributed by atoms with E-state index in [2.05, 4.69) is 32.0 Å². The lowest BCUT2D eigenvalue weighted by atomic mass is 9.96. The molecule has 0 atom stereocenters. The minimum atomic E-state index is -2.51. The summed E-state index contributed by atoms with van der Waals surface area (Å²) < 4.78 is 32.3. The van der Waals surface area contributed by atoms with Crippen molar-refractivity contribution in [2.24, 2.45) is 0 Å². The smallest absolute Gasteiger partial charge is 0.261 e. The number of rotatable bonds is 6. The highest BCUT2D eigenvalue weighted by atomic mass is 19.3. The van der Waals surface area contributed by atoms with Crippen LogP contribution in [-0.4, -0.2) is 37.1 Å². The van der Waals surface area contributed by atoms with E-state index in [-0.39, 0.29) is 13.0 Å². The first-order valence-corrected chi connectivity index (χ1v) is 8.85. The quantitative estimate of drug-likeness (QED) is 0.677. The zero-order valence-electron chi connectivity index (χ0n) is 14.9. The first kappa shape index (κ1) is 17.9. The molecule has 1 fully saturated rings. The molecule has 0 unspecified atom stereocenters. The molecule has 1 aliphatic rings. The second kappa shape index (κ2) is 7.52. The lowest BCUT2D eigenvalue weighted by Crippen LogP contribution is -2.27. The SMILES string of the molecule is Cc1ccccc1-c1cccc(OCCCN2CCC(F)(F)C2)c1C. The molecule has 2 aromatic rings. The van der Waals surface area contributed by atoms with Crippen LogP contribution in [0.3, 0.4) is 0 Å². The van der Waals surface area contributed by atoms with Crippen molar-refractivity contribution in [1.82, 2.24) is 4.90 Å². The van der Waals surface area contributed by atoms with Crippen molar-refractivity contribution in [1.29, 1.82) is 0 Å². The van der Waals surface area contributed by atoms with Gasteiger partial charge in [0, 0.05) is 19.5 Å². The Bertz CT molecular complexity index is 730. The highest BCUT2D eigenvalue weighted by Gasteiger charge is 2.37. The molecule has 2 aromatic carbocycles. The summed E-state index contributed by atoms with van der Waals surface area (Å²) in [4.78, 5) is 1.82. The molecular formula is C21H25F2NO. The average molecular weight is 345 g/mol. The van der Waals surface area contributed by atoms with Crippen LogP contribution < -0.4 is 4.74 Å². The van der Waals surface area contributed by atoms with Crippen molar-refractivity contribution in [3.63, 3.8) is 0 Å². The topological polar surface area (TPSA) is 12.5 Å². The molecule has 0 saturated carbocycles. The maximum Gasteiger partial charge on any atom is 0.261 e. The number of ether oxygens (including phenoxy) is 1. The lowest BCUT2D eigenvalue weighted by molar-refractivity contribution is 0.0119. The van der Waals surface area contributed by atoms with E-state index in [9.17, 15) is 8.78 Å². The summed E-state index contributed by atoms with van der Waals surface area (Å²) in [7, 11) is 0. The van der Waals surface area contributed by atoms with Gasteiger partial charge < -0.3 is 4.74 Å². The van der Waals surface area contributed by atoms with Crippen LogP contribution in [-0.2, 0) is 0 Å². The molecule has 4 heteroatoms. The Balaban J connectivity index is 1.59. The predicted molar refractivity (Wildman–Crippen MR) is 97.5 cm³/mol. The molecule has 0 spiro atoms. The molecule has 0 aliphatic carbocycles. The van der Waals surface area contributed by atoms with E-state index in [1.54, 1.807) is 0 Å². The van der Waals surface area contributed by atoms with Crippen molar-refractivity contribution in [3.05, 3.63) is 53.6 Å². The number of alkyl halides is 2. The van der Waals surface area contributed by atoms with E-state index in [0.29, 0.717) is 19.7 Å². The van der Waals surface area contributed by atoms with E-state index in [1.165, 1.54) is 16.7 Å². The molecule has 0 aromatic heterocycles. The Morgan fingerprint density at radius 2 is 1.80 bits per heavy atom.